The van der Waals surface area contributed by atoms with Gasteiger partial charge in [-0.3, -0.25) is 4.79 Å². The van der Waals surface area contributed by atoms with E-state index in [4.69, 9.17) is 4.74 Å². The molecule has 23 heavy (non-hydrogen) atoms. The predicted octanol–water partition coefficient (Wildman–Crippen LogP) is 0.640. The van der Waals surface area contributed by atoms with Crippen molar-refractivity contribution < 1.29 is 17.9 Å². The summed E-state index contributed by atoms with van der Waals surface area (Å²) in [6, 6.07) is 0.177. The molecule has 2 atom stereocenters. The summed E-state index contributed by atoms with van der Waals surface area (Å²) in [5.74, 6) is -0.756. The molecule has 0 N–H and O–H groups in total. The van der Waals surface area contributed by atoms with Gasteiger partial charge in [0, 0.05) is 32.1 Å². The summed E-state index contributed by atoms with van der Waals surface area (Å²) in [7, 11) is -3.42. The van der Waals surface area contributed by atoms with Crippen LogP contribution in [0.4, 0.5) is 0 Å². The number of hydrogen-bond donors (Lipinski definition) is 0. The van der Waals surface area contributed by atoms with Gasteiger partial charge in [-0.2, -0.15) is 0 Å². The lowest BCUT2D eigenvalue weighted by Gasteiger charge is -2.33. The summed E-state index contributed by atoms with van der Waals surface area (Å²) < 4.78 is 31.8. The van der Waals surface area contributed by atoms with Crippen molar-refractivity contribution in [1.29, 1.82) is 0 Å². The van der Waals surface area contributed by atoms with Gasteiger partial charge < -0.3 is 14.2 Å². The topological polar surface area (TPSA) is 81.5 Å². The number of ether oxygens (including phenoxy) is 1. The second kappa shape index (κ2) is 7.00. The van der Waals surface area contributed by atoms with Crippen LogP contribution >= 0.6 is 0 Å². The zero-order valence-corrected chi connectivity index (χ0v) is 14.0. The van der Waals surface area contributed by atoms with Crippen LogP contribution in [0.1, 0.15) is 31.7 Å². The molecule has 0 unspecified atom stereocenters. The van der Waals surface area contributed by atoms with E-state index >= 15 is 0 Å². The smallest absolute Gasteiger partial charge is 0.237 e. The lowest BCUT2D eigenvalue weighted by atomic mass is 10.1. The average Bonchev–Trinajstić information content (AvgIpc) is 3.19. The average molecular weight is 341 g/mol. The maximum Gasteiger partial charge on any atom is 0.237 e. The Balaban J connectivity index is 1.56. The van der Waals surface area contributed by atoms with Crippen LogP contribution in [0.25, 0.3) is 0 Å². The van der Waals surface area contributed by atoms with Gasteiger partial charge in [0.05, 0.1) is 24.2 Å². The molecule has 2 aliphatic heterocycles. The molecule has 3 rings (SSSR count). The fourth-order valence-corrected chi connectivity index (χ4v) is 4.81. The second-order valence-corrected chi connectivity index (χ2v) is 8.44. The number of hydrogen-bond acceptors (Lipinski definition) is 5. The molecule has 128 valence electrons. The number of imidazole rings is 1. The molecule has 1 aromatic heterocycles. The third-order valence-corrected chi connectivity index (χ3v) is 6.07. The minimum absolute atomic E-state index is 0.0441. The lowest BCUT2D eigenvalue weighted by molar-refractivity contribution is -0.130. The molecule has 3 heterocycles. The predicted molar refractivity (Wildman–Crippen MR) is 84.7 cm³/mol. The Morgan fingerprint density at radius 3 is 2.87 bits per heavy atom. The number of nitrogens with zero attached hydrogens (tertiary/aromatic N) is 3. The van der Waals surface area contributed by atoms with Crippen LogP contribution in [0.3, 0.4) is 0 Å². The number of amides is 1. The zero-order valence-electron chi connectivity index (χ0n) is 13.1. The monoisotopic (exact) mass is 341 g/mol. The number of carbonyl (C=O) groups is 1. The number of carbonyl (C=O) groups excluding carboxylic acids is 1. The van der Waals surface area contributed by atoms with Gasteiger partial charge in [0.25, 0.3) is 0 Å². The van der Waals surface area contributed by atoms with Gasteiger partial charge in [-0.25, -0.2) is 13.4 Å². The molecular formula is C15H23N3O4S. The summed E-state index contributed by atoms with van der Waals surface area (Å²) in [6.45, 7) is 1.79. The van der Waals surface area contributed by atoms with Gasteiger partial charge >= 0.3 is 0 Å². The van der Waals surface area contributed by atoms with Crippen molar-refractivity contribution in [3.63, 3.8) is 0 Å². The van der Waals surface area contributed by atoms with Crippen LogP contribution in [-0.2, 0) is 19.4 Å². The Morgan fingerprint density at radius 1 is 1.30 bits per heavy atom. The molecule has 1 aromatic rings. The molecule has 2 fully saturated rings. The fourth-order valence-electron chi connectivity index (χ4n) is 3.31. The number of likely N-dealkylation sites (tertiary alicyclic amines) is 1. The molecule has 0 aromatic carbocycles. The largest absolute Gasteiger partial charge is 0.377 e. The first-order valence-corrected chi connectivity index (χ1v) is 9.93. The number of aromatic nitrogens is 2. The summed E-state index contributed by atoms with van der Waals surface area (Å²) in [4.78, 5) is 18.1. The standard InChI is InChI=1S/C15H23N3O4S/c19-15(11-23(20,21)10-14-4-2-8-22-14)17-6-1-3-13(9-17)18-7-5-16-12-18/h5,7,12-14H,1-4,6,8-11H2/t13-,14+/m0/s1. The molecule has 0 saturated carbocycles. The Hall–Kier alpha value is -1.41. The quantitative estimate of drug-likeness (QED) is 0.785. The van der Waals surface area contributed by atoms with E-state index in [1.807, 2.05) is 10.8 Å². The highest BCUT2D eigenvalue weighted by Crippen LogP contribution is 2.22. The van der Waals surface area contributed by atoms with Gasteiger partial charge in [0.2, 0.25) is 5.91 Å². The molecule has 0 spiro atoms. The first-order valence-electron chi connectivity index (χ1n) is 8.11. The summed E-state index contributed by atoms with van der Waals surface area (Å²) in [6.07, 6.45) is 8.61. The van der Waals surface area contributed by atoms with Gasteiger partial charge in [-0.05, 0) is 25.7 Å². The van der Waals surface area contributed by atoms with Gasteiger partial charge in [-0.1, -0.05) is 0 Å². The van der Waals surface area contributed by atoms with E-state index in [-0.39, 0.29) is 23.8 Å². The van der Waals surface area contributed by atoms with E-state index in [0.29, 0.717) is 19.7 Å². The summed E-state index contributed by atoms with van der Waals surface area (Å²) in [5.41, 5.74) is 0. The van der Waals surface area contributed by atoms with E-state index in [9.17, 15) is 13.2 Å². The molecule has 2 aliphatic rings. The van der Waals surface area contributed by atoms with Crippen LogP contribution in [-0.4, -0.2) is 66.1 Å². The number of piperidine rings is 1. The minimum Gasteiger partial charge on any atom is -0.377 e. The minimum atomic E-state index is -3.42. The maximum atomic E-state index is 12.4. The van der Waals surface area contributed by atoms with E-state index < -0.39 is 15.6 Å². The summed E-state index contributed by atoms with van der Waals surface area (Å²) in [5, 5.41) is 0. The van der Waals surface area contributed by atoms with Crippen molar-refractivity contribution in [2.75, 3.05) is 31.2 Å². The Bertz CT molecular complexity index is 623. The third-order valence-electron chi connectivity index (χ3n) is 4.50. The molecular weight excluding hydrogens is 318 g/mol. The molecule has 0 radical (unpaired) electrons. The van der Waals surface area contributed by atoms with E-state index in [1.165, 1.54) is 0 Å². The fraction of sp³-hybridized carbons (Fsp3) is 0.733. The zero-order chi connectivity index (χ0) is 16.3. The molecule has 7 nitrogen and oxygen atoms in total. The highest BCUT2D eigenvalue weighted by Gasteiger charge is 2.30. The molecule has 0 bridgehead atoms. The van der Waals surface area contributed by atoms with Crippen molar-refractivity contribution in [3.05, 3.63) is 18.7 Å². The van der Waals surface area contributed by atoms with E-state index in [2.05, 4.69) is 4.98 Å². The Labute approximate surface area is 136 Å². The molecule has 8 heteroatoms. The van der Waals surface area contributed by atoms with Crippen molar-refractivity contribution in [3.8, 4) is 0 Å². The van der Waals surface area contributed by atoms with Crippen molar-refractivity contribution in [2.45, 2.75) is 37.8 Å². The molecule has 1 amide bonds. The van der Waals surface area contributed by atoms with Crippen LogP contribution in [0.2, 0.25) is 0 Å². The van der Waals surface area contributed by atoms with Crippen LogP contribution in [0, 0.1) is 0 Å². The SMILES string of the molecule is O=C(CS(=O)(=O)C[C@H]1CCCO1)N1CCC[C@H](n2ccnc2)C1. The van der Waals surface area contributed by atoms with Gasteiger partial charge in [-0.15, -0.1) is 0 Å². The number of rotatable bonds is 5. The highest BCUT2D eigenvalue weighted by molar-refractivity contribution is 7.92. The molecule has 0 aliphatic carbocycles. The van der Waals surface area contributed by atoms with Crippen molar-refractivity contribution in [2.24, 2.45) is 0 Å². The Morgan fingerprint density at radius 2 is 2.17 bits per heavy atom. The van der Waals surface area contributed by atoms with Crippen LogP contribution < -0.4 is 0 Å². The van der Waals surface area contributed by atoms with E-state index in [1.54, 1.807) is 17.4 Å². The van der Waals surface area contributed by atoms with E-state index in [0.717, 1.165) is 25.7 Å². The van der Waals surface area contributed by atoms with Crippen molar-refractivity contribution >= 4 is 15.7 Å². The second-order valence-electron chi connectivity index (χ2n) is 6.34. The molecule has 2 saturated heterocycles. The van der Waals surface area contributed by atoms with Gasteiger partial charge in [0.1, 0.15) is 5.75 Å². The van der Waals surface area contributed by atoms with Crippen LogP contribution in [0.5, 0.6) is 0 Å². The third kappa shape index (κ3) is 4.32. The number of sulfone groups is 1. The highest BCUT2D eigenvalue weighted by atomic mass is 32.2. The first-order chi connectivity index (χ1) is 11.0. The Kier molecular flexibility index (Phi) is 5.01. The van der Waals surface area contributed by atoms with Crippen LogP contribution in [0.15, 0.2) is 18.7 Å². The van der Waals surface area contributed by atoms with Crippen molar-refractivity contribution in [1.82, 2.24) is 14.5 Å². The van der Waals surface area contributed by atoms with Gasteiger partial charge in [0.15, 0.2) is 9.84 Å². The normalized spacial score (nSPS) is 25.7. The maximum absolute atomic E-state index is 12.4. The first kappa shape index (κ1) is 16.4. The lowest BCUT2D eigenvalue weighted by Crippen LogP contribution is -2.43. The summed E-state index contributed by atoms with van der Waals surface area (Å²) >= 11 is 0.